The molecule has 4 aliphatic rings. The molecule has 156 valence electrons. The van der Waals surface area contributed by atoms with Gasteiger partial charge < -0.3 is 4.74 Å². The van der Waals surface area contributed by atoms with Crippen LogP contribution in [-0.4, -0.2) is 6.21 Å². The molecule has 0 radical (unpaired) electrons. The molecule has 4 fully saturated rings. The lowest BCUT2D eigenvalue weighted by molar-refractivity contribution is -0.00518. The summed E-state index contributed by atoms with van der Waals surface area (Å²) in [4.78, 5) is 4.73. The molecular formula is C29H29NO. The van der Waals surface area contributed by atoms with Crippen molar-refractivity contribution in [1.82, 2.24) is 0 Å². The molecule has 0 unspecified atom stereocenters. The van der Waals surface area contributed by atoms with Gasteiger partial charge in [-0.25, -0.2) is 0 Å². The van der Waals surface area contributed by atoms with E-state index in [4.69, 9.17) is 9.73 Å². The van der Waals surface area contributed by atoms with Crippen molar-refractivity contribution in [3.05, 3.63) is 90.0 Å². The lowest BCUT2D eigenvalue weighted by atomic mass is 9.48. The Morgan fingerprint density at radius 1 is 0.710 bits per heavy atom. The number of hydrogen-bond donors (Lipinski definition) is 0. The fourth-order valence-corrected chi connectivity index (χ4v) is 6.80. The fraction of sp³-hybridized carbons (Fsp3) is 0.345. The number of nitrogens with zero attached hydrogens (tertiary/aromatic N) is 1. The number of rotatable bonds is 5. The van der Waals surface area contributed by atoms with Gasteiger partial charge in [0.2, 0.25) is 0 Å². The van der Waals surface area contributed by atoms with E-state index in [0.717, 1.165) is 40.5 Å². The van der Waals surface area contributed by atoms with Gasteiger partial charge in [-0.05, 0) is 109 Å². The topological polar surface area (TPSA) is 21.6 Å². The van der Waals surface area contributed by atoms with Crippen molar-refractivity contribution in [2.24, 2.45) is 22.7 Å². The maximum Gasteiger partial charge on any atom is 0.128 e. The van der Waals surface area contributed by atoms with Crippen molar-refractivity contribution in [2.45, 2.75) is 43.9 Å². The molecule has 3 aromatic rings. The predicted octanol–water partition coefficient (Wildman–Crippen LogP) is 7.70. The maximum atomic E-state index is 5.94. The van der Waals surface area contributed by atoms with Crippen LogP contribution in [0, 0.1) is 17.8 Å². The van der Waals surface area contributed by atoms with Crippen LogP contribution >= 0.6 is 0 Å². The fourth-order valence-electron chi connectivity index (χ4n) is 6.80. The molecule has 31 heavy (non-hydrogen) atoms. The van der Waals surface area contributed by atoms with Gasteiger partial charge in [0.15, 0.2) is 0 Å². The standard InChI is InChI=1S/C29H29NO/c1-2-6-27(7-3-1)31-28-8-4-5-21(16-28)20-30-26-11-9-25(10-12-26)29-17-22-13-23(18-29)15-24(14-22)19-29/h1-12,16,20,22-24H,13-15,17-19H2. The predicted molar refractivity (Wildman–Crippen MR) is 127 cm³/mol. The van der Waals surface area contributed by atoms with Gasteiger partial charge >= 0.3 is 0 Å². The second-order valence-electron chi connectivity index (χ2n) is 9.99. The third-order valence-electron chi connectivity index (χ3n) is 7.72. The summed E-state index contributed by atoms with van der Waals surface area (Å²) in [6.07, 6.45) is 10.6. The van der Waals surface area contributed by atoms with E-state index >= 15 is 0 Å². The van der Waals surface area contributed by atoms with Crippen molar-refractivity contribution < 1.29 is 4.74 Å². The summed E-state index contributed by atoms with van der Waals surface area (Å²) in [6.45, 7) is 0. The summed E-state index contributed by atoms with van der Waals surface area (Å²) in [6, 6.07) is 27.1. The van der Waals surface area contributed by atoms with Crippen LogP contribution in [0.5, 0.6) is 11.5 Å². The van der Waals surface area contributed by atoms with E-state index in [-0.39, 0.29) is 0 Å². The highest BCUT2D eigenvalue weighted by Crippen LogP contribution is 2.60. The molecular weight excluding hydrogens is 378 g/mol. The average Bonchev–Trinajstić information content (AvgIpc) is 2.78. The second-order valence-corrected chi connectivity index (χ2v) is 9.99. The van der Waals surface area contributed by atoms with Gasteiger partial charge in [0.25, 0.3) is 0 Å². The van der Waals surface area contributed by atoms with Gasteiger partial charge in [-0.2, -0.15) is 0 Å². The highest BCUT2D eigenvalue weighted by molar-refractivity contribution is 5.82. The highest BCUT2D eigenvalue weighted by atomic mass is 16.5. The highest BCUT2D eigenvalue weighted by Gasteiger charge is 2.51. The van der Waals surface area contributed by atoms with Crippen LogP contribution in [-0.2, 0) is 5.41 Å². The minimum Gasteiger partial charge on any atom is -0.457 e. The van der Waals surface area contributed by atoms with E-state index in [1.54, 1.807) is 5.56 Å². The van der Waals surface area contributed by atoms with Crippen LogP contribution in [0.2, 0.25) is 0 Å². The lowest BCUT2D eigenvalue weighted by Crippen LogP contribution is -2.48. The van der Waals surface area contributed by atoms with E-state index in [1.165, 1.54) is 38.5 Å². The van der Waals surface area contributed by atoms with Crippen LogP contribution in [0.3, 0.4) is 0 Å². The van der Waals surface area contributed by atoms with E-state index in [2.05, 4.69) is 30.3 Å². The zero-order valence-electron chi connectivity index (χ0n) is 17.9. The van der Waals surface area contributed by atoms with Gasteiger partial charge in [-0.1, -0.05) is 42.5 Å². The van der Waals surface area contributed by atoms with Crippen molar-refractivity contribution in [3.8, 4) is 11.5 Å². The Bertz CT molecular complexity index is 1050. The van der Waals surface area contributed by atoms with Crippen LogP contribution in [0.4, 0.5) is 5.69 Å². The molecule has 0 amide bonds. The van der Waals surface area contributed by atoms with Crippen molar-refractivity contribution in [3.63, 3.8) is 0 Å². The van der Waals surface area contributed by atoms with Crippen molar-refractivity contribution in [2.75, 3.05) is 0 Å². The number of hydrogen-bond acceptors (Lipinski definition) is 2. The molecule has 0 aliphatic heterocycles. The summed E-state index contributed by atoms with van der Waals surface area (Å²) in [7, 11) is 0. The largest absolute Gasteiger partial charge is 0.457 e. The molecule has 0 spiro atoms. The van der Waals surface area contributed by atoms with Crippen LogP contribution in [0.15, 0.2) is 83.9 Å². The zero-order chi connectivity index (χ0) is 20.7. The van der Waals surface area contributed by atoms with E-state index in [9.17, 15) is 0 Å². The van der Waals surface area contributed by atoms with Crippen LogP contribution < -0.4 is 4.74 Å². The first-order valence-corrected chi connectivity index (χ1v) is 11.7. The smallest absolute Gasteiger partial charge is 0.128 e. The summed E-state index contributed by atoms with van der Waals surface area (Å²) < 4.78 is 5.94. The summed E-state index contributed by atoms with van der Waals surface area (Å²) in [5.41, 5.74) is 4.07. The first kappa shape index (κ1) is 18.9. The van der Waals surface area contributed by atoms with E-state index in [0.29, 0.717) is 5.41 Å². The quantitative estimate of drug-likeness (QED) is 0.397. The van der Waals surface area contributed by atoms with Crippen molar-refractivity contribution >= 4 is 11.9 Å². The number of para-hydroxylation sites is 1. The second kappa shape index (κ2) is 7.67. The summed E-state index contributed by atoms with van der Waals surface area (Å²) in [5.74, 6) is 4.61. The number of aliphatic imine (C=N–C) groups is 1. The maximum absolute atomic E-state index is 5.94. The molecule has 0 N–H and O–H groups in total. The molecule has 7 rings (SSSR count). The van der Waals surface area contributed by atoms with Gasteiger partial charge in [-0.15, -0.1) is 0 Å². The van der Waals surface area contributed by atoms with E-state index < -0.39 is 0 Å². The van der Waals surface area contributed by atoms with E-state index in [1.807, 2.05) is 54.7 Å². The van der Waals surface area contributed by atoms with Gasteiger partial charge in [0, 0.05) is 6.21 Å². The van der Waals surface area contributed by atoms with Crippen molar-refractivity contribution in [1.29, 1.82) is 0 Å². The first-order chi connectivity index (χ1) is 15.2. The number of ether oxygens (including phenoxy) is 1. The Labute approximate surface area is 185 Å². The summed E-state index contributed by atoms with van der Waals surface area (Å²) >= 11 is 0. The summed E-state index contributed by atoms with van der Waals surface area (Å²) in [5, 5.41) is 0. The van der Waals surface area contributed by atoms with Crippen LogP contribution in [0.1, 0.15) is 49.7 Å². The molecule has 0 heterocycles. The van der Waals surface area contributed by atoms with Gasteiger partial charge in [-0.3, -0.25) is 4.99 Å². The third-order valence-corrected chi connectivity index (χ3v) is 7.72. The molecule has 3 aromatic carbocycles. The monoisotopic (exact) mass is 407 g/mol. The molecule has 4 bridgehead atoms. The molecule has 0 saturated heterocycles. The Balaban J connectivity index is 1.17. The lowest BCUT2D eigenvalue weighted by Gasteiger charge is -2.57. The molecule has 4 aliphatic carbocycles. The van der Waals surface area contributed by atoms with Gasteiger partial charge in [0.05, 0.1) is 5.69 Å². The minimum atomic E-state index is 0.458. The minimum absolute atomic E-state index is 0.458. The molecule has 4 saturated carbocycles. The Morgan fingerprint density at radius 2 is 1.35 bits per heavy atom. The molecule has 2 nitrogen and oxygen atoms in total. The van der Waals surface area contributed by atoms with Gasteiger partial charge in [0.1, 0.15) is 11.5 Å². The molecule has 2 heteroatoms. The Kier molecular flexibility index (Phi) is 4.67. The Morgan fingerprint density at radius 3 is 2.03 bits per heavy atom. The number of benzene rings is 3. The first-order valence-electron chi connectivity index (χ1n) is 11.7. The zero-order valence-corrected chi connectivity index (χ0v) is 17.9. The normalized spacial score (nSPS) is 28.8. The SMILES string of the molecule is C(=Nc1ccc(C23CC4CC(CC(C4)C2)C3)cc1)c1cccc(Oc2ccccc2)c1. The molecule has 0 atom stereocenters. The average molecular weight is 408 g/mol. The van der Waals surface area contributed by atoms with Crippen LogP contribution in [0.25, 0.3) is 0 Å². The Hall–Kier alpha value is -2.87. The molecule has 0 aromatic heterocycles. The third kappa shape index (κ3) is 3.80.